The van der Waals surface area contributed by atoms with E-state index < -0.39 is 0 Å². The fourth-order valence-corrected chi connectivity index (χ4v) is 2.52. The Morgan fingerprint density at radius 2 is 1.84 bits per heavy atom. The molecule has 0 spiro atoms. The van der Waals surface area contributed by atoms with E-state index in [2.05, 4.69) is 25.3 Å². The molecule has 0 atom stereocenters. The Morgan fingerprint density at radius 3 is 2.64 bits per heavy atom. The highest BCUT2D eigenvalue weighted by molar-refractivity contribution is 5.89. The number of aromatic nitrogens is 6. The summed E-state index contributed by atoms with van der Waals surface area (Å²) in [6.07, 6.45) is 1.64. The smallest absolute Gasteiger partial charge is 0.205 e. The second-order valence-corrected chi connectivity index (χ2v) is 5.38. The molecule has 124 valence electrons. The van der Waals surface area contributed by atoms with Gasteiger partial charge in [-0.1, -0.05) is 18.2 Å². The zero-order valence-corrected chi connectivity index (χ0v) is 13.0. The largest absolute Gasteiger partial charge is 0.381 e. The average Bonchev–Trinajstić information content (AvgIpc) is 2.98. The van der Waals surface area contributed by atoms with Crippen molar-refractivity contribution in [3.05, 3.63) is 54.0 Å². The fourth-order valence-electron chi connectivity index (χ4n) is 2.52. The Bertz CT molecular complexity index is 1070. The summed E-state index contributed by atoms with van der Waals surface area (Å²) < 4.78 is 15.6. The Balaban J connectivity index is 1.87. The lowest BCUT2D eigenvalue weighted by molar-refractivity contribution is 0.589. The van der Waals surface area contributed by atoms with Crippen LogP contribution in [0.4, 0.5) is 16.0 Å². The molecule has 3 aromatic heterocycles. The maximum atomic E-state index is 14.0. The van der Waals surface area contributed by atoms with Crippen molar-refractivity contribution in [3.63, 3.8) is 0 Å². The first-order valence-electron chi connectivity index (χ1n) is 7.44. The highest BCUT2D eigenvalue weighted by atomic mass is 19.1. The number of anilines is 2. The van der Waals surface area contributed by atoms with Gasteiger partial charge in [-0.05, 0) is 18.2 Å². The molecule has 0 saturated heterocycles. The molecule has 9 heteroatoms. The van der Waals surface area contributed by atoms with Gasteiger partial charge in [0.1, 0.15) is 11.5 Å². The first kappa shape index (κ1) is 14.9. The molecular weight excluding hydrogens is 323 g/mol. The van der Waals surface area contributed by atoms with Crippen molar-refractivity contribution in [1.29, 1.82) is 0 Å². The van der Waals surface area contributed by atoms with Gasteiger partial charge in [-0.2, -0.15) is 5.10 Å². The van der Waals surface area contributed by atoms with Crippen molar-refractivity contribution in [2.45, 2.75) is 6.54 Å². The number of nitrogen functional groups attached to an aromatic ring is 2. The molecule has 8 nitrogen and oxygen atoms in total. The third-order valence-electron chi connectivity index (χ3n) is 3.74. The molecule has 1 aromatic carbocycles. The third-order valence-corrected chi connectivity index (χ3v) is 3.74. The topological polar surface area (TPSA) is 121 Å². The second kappa shape index (κ2) is 5.78. The van der Waals surface area contributed by atoms with Crippen LogP contribution in [0.25, 0.3) is 22.6 Å². The van der Waals surface area contributed by atoms with Crippen LogP contribution in [-0.2, 0) is 6.54 Å². The van der Waals surface area contributed by atoms with Crippen LogP contribution in [0.5, 0.6) is 0 Å². The molecule has 25 heavy (non-hydrogen) atoms. The number of rotatable bonds is 3. The van der Waals surface area contributed by atoms with E-state index in [4.69, 9.17) is 11.5 Å². The van der Waals surface area contributed by atoms with E-state index in [1.54, 1.807) is 35.1 Å². The molecule has 3 heterocycles. The van der Waals surface area contributed by atoms with Crippen molar-refractivity contribution in [3.8, 4) is 11.5 Å². The quantitative estimate of drug-likeness (QED) is 0.583. The van der Waals surface area contributed by atoms with Gasteiger partial charge in [-0.25, -0.2) is 19.0 Å². The summed E-state index contributed by atoms with van der Waals surface area (Å²) in [5.41, 5.74) is 12.8. The number of hydrogen-bond acceptors (Lipinski definition) is 7. The monoisotopic (exact) mass is 336 g/mol. The minimum Gasteiger partial charge on any atom is -0.381 e. The molecule has 4 aromatic rings. The number of benzene rings is 1. The summed E-state index contributed by atoms with van der Waals surface area (Å²) in [5.74, 6) is 0.0536. The molecule has 4 rings (SSSR count). The molecule has 0 saturated carbocycles. The normalized spacial score (nSPS) is 11.1. The van der Waals surface area contributed by atoms with E-state index in [0.29, 0.717) is 22.3 Å². The van der Waals surface area contributed by atoms with E-state index in [1.807, 2.05) is 6.07 Å². The predicted octanol–water partition coefficient (Wildman–Crippen LogP) is 1.64. The van der Waals surface area contributed by atoms with Crippen LogP contribution in [0.1, 0.15) is 5.56 Å². The first-order chi connectivity index (χ1) is 12.1. The first-order valence-corrected chi connectivity index (χ1v) is 7.44. The van der Waals surface area contributed by atoms with Gasteiger partial charge in [0, 0.05) is 11.8 Å². The van der Waals surface area contributed by atoms with Crippen molar-refractivity contribution >= 4 is 22.7 Å². The molecule has 0 aliphatic carbocycles. The van der Waals surface area contributed by atoms with Crippen molar-refractivity contribution in [2.24, 2.45) is 0 Å². The van der Waals surface area contributed by atoms with Crippen molar-refractivity contribution in [2.75, 3.05) is 11.5 Å². The highest BCUT2D eigenvalue weighted by Crippen LogP contribution is 2.25. The zero-order valence-electron chi connectivity index (χ0n) is 13.0. The predicted molar refractivity (Wildman–Crippen MR) is 90.7 cm³/mol. The van der Waals surface area contributed by atoms with Gasteiger partial charge in [-0.15, -0.1) is 10.2 Å². The van der Waals surface area contributed by atoms with Gasteiger partial charge in [0.05, 0.1) is 11.9 Å². The second-order valence-electron chi connectivity index (χ2n) is 5.38. The summed E-state index contributed by atoms with van der Waals surface area (Å²) in [7, 11) is 0. The van der Waals surface area contributed by atoms with Crippen LogP contribution in [-0.4, -0.2) is 29.9 Å². The molecule has 0 fully saturated rings. The summed E-state index contributed by atoms with van der Waals surface area (Å²) in [5, 5.41) is 12.9. The fraction of sp³-hybridized carbons (Fsp3) is 0.0625. The highest BCUT2D eigenvalue weighted by Gasteiger charge is 2.17. The summed E-state index contributed by atoms with van der Waals surface area (Å²) in [6, 6.07) is 10.1. The summed E-state index contributed by atoms with van der Waals surface area (Å²) in [4.78, 5) is 8.47. The lowest BCUT2D eigenvalue weighted by Crippen LogP contribution is -2.06. The van der Waals surface area contributed by atoms with Gasteiger partial charge in [-0.3, -0.25) is 0 Å². The van der Waals surface area contributed by atoms with Gasteiger partial charge in [0.2, 0.25) is 5.82 Å². The lowest BCUT2D eigenvalue weighted by Gasteiger charge is -2.04. The van der Waals surface area contributed by atoms with Crippen LogP contribution in [0.3, 0.4) is 0 Å². The molecular formula is C16H13FN8. The molecule has 0 radical (unpaired) electrons. The number of nitrogens with two attached hydrogens (primary N) is 2. The molecule has 0 aliphatic rings. The standard InChI is InChI=1S/C16H13FN8/c17-11-6-2-1-4-9(11)8-25-16-10(5-3-7-20-16)12(24-25)15-21-13(18)14(19)22-23-15/h1-7H,8H2,(H2,19,22)(H2,18,21,23). The summed E-state index contributed by atoms with van der Waals surface area (Å²) >= 11 is 0. The average molecular weight is 336 g/mol. The van der Waals surface area contributed by atoms with E-state index in [1.165, 1.54) is 6.07 Å². The zero-order chi connectivity index (χ0) is 17.4. The Labute approximate surface area is 141 Å². The van der Waals surface area contributed by atoms with Crippen molar-refractivity contribution in [1.82, 2.24) is 29.9 Å². The number of pyridine rings is 1. The number of hydrogen-bond donors (Lipinski definition) is 2. The van der Waals surface area contributed by atoms with E-state index in [-0.39, 0.29) is 29.8 Å². The Morgan fingerprint density at radius 1 is 1.00 bits per heavy atom. The summed E-state index contributed by atoms with van der Waals surface area (Å²) in [6.45, 7) is 0.220. The number of nitrogens with zero attached hydrogens (tertiary/aromatic N) is 6. The van der Waals surface area contributed by atoms with E-state index >= 15 is 0 Å². The molecule has 0 bridgehead atoms. The van der Waals surface area contributed by atoms with Gasteiger partial charge >= 0.3 is 0 Å². The van der Waals surface area contributed by atoms with Crippen LogP contribution in [0.2, 0.25) is 0 Å². The van der Waals surface area contributed by atoms with Gasteiger partial charge < -0.3 is 11.5 Å². The van der Waals surface area contributed by atoms with Crippen LogP contribution in [0, 0.1) is 5.82 Å². The molecule has 0 aliphatic heterocycles. The number of halogens is 1. The van der Waals surface area contributed by atoms with Gasteiger partial charge in [0.25, 0.3) is 0 Å². The maximum Gasteiger partial charge on any atom is 0.205 e. The maximum absolute atomic E-state index is 14.0. The van der Waals surface area contributed by atoms with Crippen LogP contribution < -0.4 is 11.5 Å². The Hall–Kier alpha value is -3.62. The molecule has 4 N–H and O–H groups in total. The minimum atomic E-state index is -0.307. The number of fused-ring (bicyclic) bond motifs is 1. The van der Waals surface area contributed by atoms with Gasteiger partial charge in [0.15, 0.2) is 17.3 Å². The van der Waals surface area contributed by atoms with Crippen molar-refractivity contribution < 1.29 is 4.39 Å². The van der Waals surface area contributed by atoms with E-state index in [0.717, 1.165) is 0 Å². The minimum absolute atomic E-state index is 0.0527. The molecule has 0 unspecified atom stereocenters. The SMILES string of the molecule is Nc1nnc(-c2nn(Cc3ccccc3F)c3ncccc23)nc1N. The third kappa shape index (κ3) is 2.61. The van der Waals surface area contributed by atoms with Crippen LogP contribution in [0.15, 0.2) is 42.6 Å². The lowest BCUT2D eigenvalue weighted by atomic mass is 10.2. The van der Waals surface area contributed by atoms with Crippen LogP contribution >= 0.6 is 0 Å². The van der Waals surface area contributed by atoms with E-state index in [9.17, 15) is 4.39 Å². The molecule has 0 amide bonds. The Kier molecular flexibility index (Phi) is 3.46.